The van der Waals surface area contributed by atoms with E-state index in [2.05, 4.69) is 29.2 Å². The van der Waals surface area contributed by atoms with Crippen molar-refractivity contribution in [3.8, 4) is 0 Å². The van der Waals surface area contributed by atoms with Gasteiger partial charge < -0.3 is 4.90 Å². The molecule has 32 heavy (non-hydrogen) atoms. The molecule has 0 bridgehead atoms. The number of hydrogen-bond acceptors (Lipinski definition) is 4. The molecule has 0 atom stereocenters. The predicted molar refractivity (Wildman–Crippen MR) is 126 cm³/mol. The lowest BCUT2D eigenvalue weighted by Crippen LogP contribution is -2.52. The molecule has 2 heterocycles. The van der Waals surface area contributed by atoms with E-state index in [-0.39, 0.29) is 5.91 Å². The van der Waals surface area contributed by atoms with Crippen molar-refractivity contribution in [1.29, 1.82) is 0 Å². The third-order valence-corrected chi connectivity index (χ3v) is 8.60. The van der Waals surface area contributed by atoms with Gasteiger partial charge in [0.15, 0.2) is 0 Å². The van der Waals surface area contributed by atoms with Crippen LogP contribution in [0.15, 0.2) is 59.5 Å². The maximum atomic E-state index is 12.9. The highest BCUT2D eigenvalue weighted by Crippen LogP contribution is 2.22. The summed E-state index contributed by atoms with van der Waals surface area (Å²) in [5.74, 6) is 0.801. The van der Waals surface area contributed by atoms with Crippen LogP contribution >= 0.6 is 0 Å². The van der Waals surface area contributed by atoms with Gasteiger partial charge in [0.25, 0.3) is 0 Å². The molecule has 2 fully saturated rings. The molecule has 0 spiro atoms. The van der Waals surface area contributed by atoms with Crippen molar-refractivity contribution in [1.82, 2.24) is 14.1 Å². The van der Waals surface area contributed by atoms with Crippen LogP contribution in [-0.4, -0.2) is 74.2 Å². The molecule has 0 saturated carbocycles. The van der Waals surface area contributed by atoms with Gasteiger partial charge >= 0.3 is 0 Å². The van der Waals surface area contributed by atoms with E-state index in [4.69, 9.17) is 0 Å². The fourth-order valence-corrected chi connectivity index (χ4v) is 6.03. The van der Waals surface area contributed by atoms with Gasteiger partial charge in [-0.1, -0.05) is 48.0 Å². The summed E-state index contributed by atoms with van der Waals surface area (Å²) in [5.41, 5.74) is 2.41. The first-order valence-electron chi connectivity index (χ1n) is 11.5. The fourth-order valence-electron chi connectivity index (χ4n) is 4.61. The van der Waals surface area contributed by atoms with Crippen LogP contribution in [0.5, 0.6) is 0 Å². The molecular weight excluding hydrogens is 422 g/mol. The molecule has 2 aromatic carbocycles. The molecule has 0 aromatic heterocycles. The molecule has 7 heteroatoms. The van der Waals surface area contributed by atoms with Crippen LogP contribution in [0.3, 0.4) is 0 Å². The Balaban J connectivity index is 1.22. The van der Waals surface area contributed by atoms with E-state index in [9.17, 15) is 13.2 Å². The molecule has 2 aliphatic rings. The Morgan fingerprint density at radius 2 is 1.50 bits per heavy atom. The first kappa shape index (κ1) is 23.0. The lowest BCUT2D eigenvalue weighted by molar-refractivity contribution is -0.134. The Morgan fingerprint density at radius 3 is 2.12 bits per heavy atom. The average molecular weight is 456 g/mol. The van der Waals surface area contributed by atoms with Crippen molar-refractivity contribution in [3.63, 3.8) is 0 Å². The highest BCUT2D eigenvalue weighted by atomic mass is 32.2. The second-order valence-corrected chi connectivity index (χ2v) is 10.9. The Labute approximate surface area is 191 Å². The standard InChI is InChI=1S/C25H33N3O3S/c1-21-7-9-24(10-8-21)32(30,31)28-17-15-26(16-18-28)20-25(29)27-13-11-23(12-14-27)19-22-5-3-2-4-6-22/h2-10,23H,11-20H2,1H3. The lowest BCUT2D eigenvalue weighted by atomic mass is 9.90. The first-order valence-corrected chi connectivity index (χ1v) is 13.0. The first-order chi connectivity index (χ1) is 15.4. The minimum atomic E-state index is -3.47. The van der Waals surface area contributed by atoms with Crippen molar-refractivity contribution >= 4 is 15.9 Å². The van der Waals surface area contributed by atoms with Gasteiger partial charge in [-0.05, 0) is 49.8 Å². The van der Waals surface area contributed by atoms with E-state index in [0.29, 0.717) is 43.5 Å². The number of piperidine rings is 1. The zero-order valence-corrected chi connectivity index (χ0v) is 19.6. The molecule has 2 saturated heterocycles. The largest absolute Gasteiger partial charge is 0.342 e. The van der Waals surface area contributed by atoms with Gasteiger partial charge in [0.2, 0.25) is 15.9 Å². The van der Waals surface area contributed by atoms with Crippen molar-refractivity contribution in [3.05, 3.63) is 65.7 Å². The van der Waals surface area contributed by atoms with E-state index in [0.717, 1.165) is 37.9 Å². The Morgan fingerprint density at radius 1 is 0.875 bits per heavy atom. The third kappa shape index (κ3) is 5.57. The monoisotopic (exact) mass is 455 g/mol. The zero-order valence-electron chi connectivity index (χ0n) is 18.8. The molecule has 0 radical (unpaired) electrons. The summed E-state index contributed by atoms with van der Waals surface area (Å²) in [5, 5.41) is 0. The van der Waals surface area contributed by atoms with Gasteiger partial charge in [0.1, 0.15) is 0 Å². The zero-order chi connectivity index (χ0) is 22.6. The average Bonchev–Trinajstić information content (AvgIpc) is 2.81. The number of aryl methyl sites for hydroxylation is 1. The minimum Gasteiger partial charge on any atom is -0.342 e. The summed E-state index contributed by atoms with van der Waals surface area (Å²) >= 11 is 0. The normalized spacial score (nSPS) is 19.2. The molecule has 0 aliphatic carbocycles. The quantitative estimate of drug-likeness (QED) is 0.672. The number of hydrogen-bond donors (Lipinski definition) is 0. The fraction of sp³-hybridized carbons (Fsp3) is 0.480. The number of rotatable bonds is 6. The van der Waals surface area contributed by atoms with Crippen LogP contribution < -0.4 is 0 Å². The molecular formula is C25H33N3O3S. The Bertz CT molecular complexity index is 992. The van der Waals surface area contributed by atoms with E-state index in [1.54, 1.807) is 12.1 Å². The molecule has 0 N–H and O–H groups in total. The number of nitrogens with zero attached hydrogens (tertiary/aromatic N) is 3. The number of sulfonamides is 1. The van der Waals surface area contributed by atoms with Gasteiger partial charge in [0.05, 0.1) is 11.4 Å². The highest BCUT2D eigenvalue weighted by Gasteiger charge is 2.30. The summed E-state index contributed by atoms with van der Waals surface area (Å²) in [4.78, 5) is 17.2. The van der Waals surface area contributed by atoms with Gasteiger partial charge in [-0.2, -0.15) is 4.31 Å². The van der Waals surface area contributed by atoms with Crippen LogP contribution in [0.25, 0.3) is 0 Å². The molecule has 6 nitrogen and oxygen atoms in total. The maximum Gasteiger partial charge on any atom is 0.243 e. The molecule has 2 aromatic rings. The molecule has 0 unspecified atom stereocenters. The van der Waals surface area contributed by atoms with Crippen molar-refractivity contribution < 1.29 is 13.2 Å². The summed E-state index contributed by atoms with van der Waals surface area (Å²) in [6.45, 7) is 5.96. The molecule has 1 amide bonds. The van der Waals surface area contributed by atoms with Gasteiger partial charge in [-0.3, -0.25) is 9.69 Å². The lowest BCUT2D eigenvalue weighted by Gasteiger charge is -2.36. The van der Waals surface area contributed by atoms with Crippen LogP contribution in [0, 0.1) is 12.8 Å². The third-order valence-electron chi connectivity index (χ3n) is 6.68. The van der Waals surface area contributed by atoms with Crippen LogP contribution in [0.1, 0.15) is 24.0 Å². The SMILES string of the molecule is Cc1ccc(S(=O)(=O)N2CCN(CC(=O)N3CCC(Cc4ccccc4)CC3)CC2)cc1. The number of benzene rings is 2. The number of likely N-dealkylation sites (tertiary alicyclic amines) is 1. The van der Waals surface area contributed by atoms with Gasteiger partial charge in [-0.25, -0.2) is 8.42 Å². The van der Waals surface area contributed by atoms with Gasteiger partial charge in [-0.15, -0.1) is 0 Å². The minimum absolute atomic E-state index is 0.165. The highest BCUT2D eigenvalue weighted by molar-refractivity contribution is 7.89. The van der Waals surface area contributed by atoms with Crippen molar-refractivity contribution in [2.24, 2.45) is 5.92 Å². The van der Waals surface area contributed by atoms with E-state index in [1.165, 1.54) is 9.87 Å². The number of carbonyl (C=O) groups is 1. The van der Waals surface area contributed by atoms with Crippen LogP contribution in [0.2, 0.25) is 0 Å². The Kier molecular flexibility index (Phi) is 7.28. The number of carbonyl (C=O) groups excluding carboxylic acids is 1. The second-order valence-electron chi connectivity index (χ2n) is 9.01. The van der Waals surface area contributed by atoms with Crippen LogP contribution in [-0.2, 0) is 21.2 Å². The van der Waals surface area contributed by atoms with E-state index < -0.39 is 10.0 Å². The number of amides is 1. The summed E-state index contributed by atoms with van der Waals surface area (Å²) in [6.07, 6.45) is 3.17. The summed E-state index contributed by atoms with van der Waals surface area (Å²) < 4.78 is 27.3. The number of piperazine rings is 1. The predicted octanol–water partition coefficient (Wildman–Crippen LogP) is 2.78. The maximum absolute atomic E-state index is 12.9. The van der Waals surface area contributed by atoms with Crippen molar-refractivity contribution in [2.45, 2.75) is 31.1 Å². The topological polar surface area (TPSA) is 60.9 Å². The summed E-state index contributed by atoms with van der Waals surface area (Å²) in [7, 11) is -3.47. The van der Waals surface area contributed by atoms with Gasteiger partial charge in [0, 0.05) is 39.3 Å². The van der Waals surface area contributed by atoms with E-state index >= 15 is 0 Å². The summed E-state index contributed by atoms with van der Waals surface area (Å²) in [6, 6.07) is 17.5. The molecule has 2 aliphatic heterocycles. The van der Waals surface area contributed by atoms with E-state index in [1.807, 2.05) is 30.0 Å². The molecule has 4 rings (SSSR count). The Hall–Kier alpha value is -2.22. The molecule has 172 valence electrons. The second kappa shape index (κ2) is 10.1. The van der Waals surface area contributed by atoms with Crippen molar-refractivity contribution in [2.75, 3.05) is 45.8 Å². The van der Waals surface area contributed by atoms with Crippen LogP contribution in [0.4, 0.5) is 0 Å². The smallest absolute Gasteiger partial charge is 0.243 e.